The van der Waals surface area contributed by atoms with Crippen LogP contribution in [0.1, 0.15) is 19.8 Å². The van der Waals surface area contributed by atoms with Crippen LogP contribution in [0.15, 0.2) is 11.8 Å². The van der Waals surface area contributed by atoms with Crippen molar-refractivity contribution in [3.8, 4) is 0 Å². The fourth-order valence-electron chi connectivity index (χ4n) is 1.25. The Labute approximate surface area is 61.5 Å². The molecule has 0 bridgehead atoms. The fourth-order valence-corrected chi connectivity index (χ4v) is 1.25. The zero-order chi connectivity index (χ0) is 7.56. The maximum absolute atomic E-state index is 9.22. The van der Waals surface area contributed by atoms with E-state index in [1.807, 2.05) is 6.08 Å². The Morgan fingerprint density at radius 2 is 2.40 bits per heavy atom. The molecule has 1 N–H and O–H groups in total. The van der Waals surface area contributed by atoms with E-state index in [4.69, 9.17) is 4.74 Å². The van der Waals surface area contributed by atoms with Crippen molar-refractivity contribution in [1.82, 2.24) is 0 Å². The topological polar surface area (TPSA) is 29.5 Å². The largest absolute Gasteiger partial charge is 0.510 e. The second-order valence-electron chi connectivity index (χ2n) is 2.93. The third-order valence-corrected chi connectivity index (χ3v) is 1.96. The SMILES string of the molecule is COC1CC(C)CC=C1O. The smallest absolute Gasteiger partial charge is 0.117 e. The van der Waals surface area contributed by atoms with Gasteiger partial charge in [-0.25, -0.2) is 0 Å². The third kappa shape index (κ3) is 1.51. The Morgan fingerprint density at radius 1 is 1.70 bits per heavy atom. The van der Waals surface area contributed by atoms with Crippen LogP contribution in [-0.2, 0) is 4.74 Å². The highest BCUT2D eigenvalue weighted by Gasteiger charge is 2.20. The summed E-state index contributed by atoms with van der Waals surface area (Å²) in [6, 6.07) is 0. The van der Waals surface area contributed by atoms with Gasteiger partial charge in [0.05, 0.1) is 0 Å². The minimum absolute atomic E-state index is 0.0521. The minimum atomic E-state index is -0.0521. The van der Waals surface area contributed by atoms with Crippen molar-refractivity contribution in [2.75, 3.05) is 7.11 Å². The Hall–Kier alpha value is -0.500. The zero-order valence-corrected chi connectivity index (χ0v) is 6.50. The molecule has 2 atom stereocenters. The van der Waals surface area contributed by atoms with Crippen LogP contribution < -0.4 is 0 Å². The van der Waals surface area contributed by atoms with Gasteiger partial charge >= 0.3 is 0 Å². The van der Waals surface area contributed by atoms with E-state index in [1.165, 1.54) is 0 Å². The van der Waals surface area contributed by atoms with Crippen molar-refractivity contribution < 1.29 is 9.84 Å². The molecule has 0 aromatic rings. The maximum Gasteiger partial charge on any atom is 0.117 e. The molecule has 0 fully saturated rings. The molecule has 0 saturated heterocycles. The molecular weight excluding hydrogens is 128 g/mol. The number of aliphatic hydroxyl groups is 1. The van der Waals surface area contributed by atoms with Crippen LogP contribution in [0.5, 0.6) is 0 Å². The van der Waals surface area contributed by atoms with Gasteiger partial charge in [0, 0.05) is 7.11 Å². The number of allylic oxidation sites excluding steroid dienone is 1. The lowest BCUT2D eigenvalue weighted by Crippen LogP contribution is -2.21. The third-order valence-electron chi connectivity index (χ3n) is 1.96. The van der Waals surface area contributed by atoms with E-state index in [0.717, 1.165) is 12.8 Å². The molecule has 0 spiro atoms. The van der Waals surface area contributed by atoms with E-state index < -0.39 is 0 Å². The molecule has 58 valence electrons. The first-order chi connectivity index (χ1) is 4.74. The molecule has 10 heavy (non-hydrogen) atoms. The van der Waals surface area contributed by atoms with Gasteiger partial charge in [0.2, 0.25) is 0 Å². The zero-order valence-electron chi connectivity index (χ0n) is 6.50. The summed E-state index contributed by atoms with van der Waals surface area (Å²) in [6.45, 7) is 2.16. The second kappa shape index (κ2) is 3.06. The first kappa shape index (κ1) is 7.61. The van der Waals surface area contributed by atoms with E-state index >= 15 is 0 Å². The summed E-state index contributed by atoms with van der Waals surface area (Å²) in [6.07, 6.45) is 3.72. The molecule has 1 rings (SSSR count). The van der Waals surface area contributed by atoms with Gasteiger partial charge in [0.15, 0.2) is 0 Å². The van der Waals surface area contributed by atoms with Gasteiger partial charge in [-0.15, -0.1) is 0 Å². The molecule has 0 amide bonds. The quantitative estimate of drug-likeness (QED) is 0.605. The normalized spacial score (nSPS) is 33.6. The van der Waals surface area contributed by atoms with Gasteiger partial charge in [-0.2, -0.15) is 0 Å². The summed E-state index contributed by atoms with van der Waals surface area (Å²) in [7, 11) is 1.63. The summed E-state index contributed by atoms with van der Waals surface area (Å²) in [5, 5.41) is 9.22. The number of hydrogen-bond donors (Lipinski definition) is 1. The van der Waals surface area contributed by atoms with Crippen molar-refractivity contribution >= 4 is 0 Å². The number of aliphatic hydroxyl groups excluding tert-OH is 1. The minimum Gasteiger partial charge on any atom is -0.510 e. The molecule has 2 heteroatoms. The van der Waals surface area contributed by atoms with Gasteiger partial charge in [-0.1, -0.05) is 6.92 Å². The molecule has 1 aliphatic rings. The van der Waals surface area contributed by atoms with Crippen LogP contribution >= 0.6 is 0 Å². The molecule has 2 unspecified atom stereocenters. The van der Waals surface area contributed by atoms with Crippen molar-refractivity contribution in [3.05, 3.63) is 11.8 Å². The first-order valence-electron chi connectivity index (χ1n) is 3.66. The van der Waals surface area contributed by atoms with E-state index in [-0.39, 0.29) is 6.10 Å². The Kier molecular flexibility index (Phi) is 2.33. The Morgan fingerprint density at radius 3 is 2.90 bits per heavy atom. The van der Waals surface area contributed by atoms with Crippen LogP contribution in [0.2, 0.25) is 0 Å². The monoisotopic (exact) mass is 142 g/mol. The summed E-state index contributed by atoms with van der Waals surface area (Å²) in [4.78, 5) is 0. The van der Waals surface area contributed by atoms with Gasteiger partial charge in [0.25, 0.3) is 0 Å². The summed E-state index contributed by atoms with van der Waals surface area (Å²) >= 11 is 0. The van der Waals surface area contributed by atoms with Gasteiger partial charge < -0.3 is 9.84 Å². The summed E-state index contributed by atoms with van der Waals surface area (Å²) in [5.41, 5.74) is 0. The molecule has 0 aromatic carbocycles. The molecule has 2 nitrogen and oxygen atoms in total. The highest BCUT2D eigenvalue weighted by Crippen LogP contribution is 2.23. The summed E-state index contributed by atoms with van der Waals surface area (Å²) in [5.74, 6) is 1.04. The Bertz CT molecular complexity index is 140. The lowest BCUT2D eigenvalue weighted by Gasteiger charge is -2.22. The molecular formula is C8H14O2. The van der Waals surface area contributed by atoms with Gasteiger partial charge in [-0.05, 0) is 24.8 Å². The van der Waals surface area contributed by atoms with Crippen molar-refractivity contribution in [2.45, 2.75) is 25.9 Å². The standard InChI is InChI=1S/C8H14O2/c1-6-3-4-7(9)8(5-6)10-2/h4,6,8-9H,3,5H2,1-2H3. The second-order valence-corrected chi connectivity index (χ2v) is 2.93. The lowest BCUT2D eigenvalue weighted by atomic mass is 9.93. The lowest BCUT2D eigenvalue weighted by molar-refractivity contribution is 0.0674. The average molecular weight is 142 g/mol. The van der Waals surface area contributed by atoms with Crippen LogP contribution in [-0.4, -0.2) is 18.3 Å². The number of ether oxygens (including phenoxy) is 1. The van der Waals surface area contributed by atoms with Gasteiger partial charge in [0.1, 0.15) is 11.9 Å². The molecule has 0 aliphatic heterocycles. The average Bonchev–Trinajstić information content (AvgIpc) is 1.94. The van der Waals surface area contributed by atoms with Crippen LogP contribution in [0.25, 0.3) is 0 Å². The van der Waals surface area contributed by atoms with Gasteiger partial charge in [-0.3, -0.25) is 0 Å². The van der Waals surface area contributed by atoms with Crippen LogP contribution in [0, 0.1) is 5.92 Å². The van der Waals surface area contributed by atoms with E-state index in [2.05, 4.69) is 6.92 Å². The van der Waals surface area contributed by atoms with Crippen LogP contribution in [0.4, 0.5) is 0 Å². The highest BCUT2D eigenvalue weighted by molar-refractivity contribution is 5.03. The molecule has 0 heterocycles. The van der Waals surface area contributed by atoms with Crippen molar-refractivity contribution in [1.29, 1.82) is 0 Å². The number of methoxy groups -OCH3 is 1. The van der Waals surface area contributed by atoms with Crippen molar-refractivity contribution in [3.63, 3.8) is 0 Å². The highest BCUT2D eigenvalue weighted by atomic mass is 16.5. The van der Waals surface area contributed by atoms with Crippen LogP contribution in [0.3, 0.4) is 0 Å². The first-order valence-corrected chi connectivity index (χ1v) is 3.66. The Balaban J connectivity index is 2.56. The predicted molar refractivity (Wildman–Crippen MR) is 39.9 cm³/mol. The van der Waals surface area contributed by atoms with E-state index in [9.17, 15) is 5.11 Å². The molecule has 1 aliphatic carbocycles. The fraction of sp³-hybridized carbons (Fsp3) is 0.750. The number of hydrogen-bond acceptors (Lipinski definition) is 2. The van der Waals surface area contributed by atoms with Crippen molar-refractivity contribution in [2.24, 2.45) is 5.92 Å². The molecule has 0 radical (unpaired) electrons. The predicted octanol–water partition coefficient (Wildman–Crippen LogP) is 1.87. The summed E-state index contributed by atoms with van der Waals surface area (Å²) < 4.78 is 5.06. The molecule has 0 aromatic heterocycles. The number of rotatable bonds is 1. The molecule has 0 saturated carbocycles. The van der Waals surface area contributed by atoms with E-state index in [0.29, 0.717) is 11.7 Å². The maximum atomic E-state index is 9.22. The van der Waals surface area contributed by atoms with E-state index in [1.54, 1.807) is 7.11 Å².